The van der Waals surface area contributed by atoms with E-state index in [0.29, 0.717) is 0 Å². The Morgan fingerprint density at radius 1 is 1.29 bits per heavy atom. The van der Waals surface area contributed by atoms with E-state index in [1.807, 2.05) is 0 Å². The molecule has 0 bridgehead atoms. The van der Waals surface area contributed by atoms with Crippen molar-refractivity contribution in [2.24, 2.45) is 0 Å². The minimum absolute atomic E-state index is 0.0257. The van der Waals surface area contributed by atoms with Crippen LogP contribution in [-0.2, 0) is 17.5 Å². The Labute approximate surface area is 119 Å². The maximum absolute atomic E-state index is 12.8. The lowest BCUT2D eigenvalue weighted by atomic mass is 10.1. The molecule has 0 radical (unpaired) electrons. The molecular formula is C13H15F3N2O3. The lowest BCUT2D eigenvalue weighted by molar-refractivity contribution is -0.138. The number of alkyl halides is 3. The zero-order valence-corrected chi connectivity index (χ0v) is 11.3. The normalized spacial score (nSPS) is 11.0. The van der Waals surface area contributed by atoms with E-state index in [4.69, 9.17) is 5.11 Å². The van der Waals surface area contributed by atoms with Crippen molar-refractivity contribution in [3.05, 3.63) is 35.4 Å². The molecule has 0 aliphatic rings. The number of hydrogen-bond acceptors (Lipinski definition) is 2. The maximum Gasteiger partial charge on any atom is 0.416 e. The molecule has 0 saturated heterocycles. The maximum atomic E-state index is 12.8. The molecule has 0 aliphatic carbocycles. The van der Waals surface area contributed by atoms with E-state index >= 15 is 0 Å². The lowest BCUT2D eigenvalue weighted by Gasteiger charge is -2.18. The van der Waals surface area contributed by atoms with Crippen LogP contribution >= 0.6 is 0 Å². The van der Waals surface area contributed by atoms with Crippen LogP contribution < -0.4 is 5.32 Å². The summed E-state index contributed by atoms with van der Waals surface area (Å²) in [6.07, 6.45) is -4.72. The van der Waals surface area contributed by atoms with Crippen LogP contribution in [0.15, 0.2) is 24.3 Å². The Hall–Kier alpha value is -2.25. The van der Waals surface area contributed by atoms with Crippen molar-refractivity contribution in [3.8, 4) is 0 Å². The summed E-state index contributed by atoms with van der Waals surface area (Å²) in [4.78, 5) is 23.1. The van der Waals surface area contributed by atoms with Crippen molar-refractivity contribution < 1.29 is 27.9 Å². The molecule has 1 aromatic rings. The number of halogens is 3. The molecule has 1 rings (SSSR count). The van der Waals surface area contributed by atoms with Crippen LogP contribution in [0.5, 0.6) is 0 Å². The molecule has 0 fully saturated rings. The van der Waals surface area contributed by atoms with Crippen LogP contribution in [0.3, 0.4) is 0 Å². The number of urea groups is 1. The highest BCUT2D eigenvalue weighted by Crippen LogP contribution is 2.31. The predicted octanol–water partition coefficient (Wildman–Crippen LogP) is 2.32. The minimum Gasteiger partial charge on any atom is -0.481 e. The van der Waals surface area contributed by atoms with Gasteiger partial charge < -0.3 is 15.3 Å². The Morgan fingerprint density at radius 3 is 2.48 bits per heavy atom. The minimum atomic E-state index is -4.49. The average Bonchev–Trinajstić information content (AvgIpc) is 2.41. The molecule has 1 aromatic carbocycles. The molecule has 0 heterocycles. The van der Waals surface area contributed by atoms with E-state index < -0.39 is 23.7 Å². The molecule has 0 aliphatic heterocycles. The first kappa shape index (κ1) is 16.8. The van der Waals surface area contributed by atoms with Crippen molar-refractivity contribution in [3.63, 3.8) is 0 Å². The van der Waals surface area contributed by atoms with Gasteiger partial charge in [0, 0.05) is 20.1 Å². The quantitative estimate of drug-likeness (QED) is 0.877. The highest BCUT2D eigenvalue weighted by Gasteiger charge is 2.32. The molecule has 2 amide bonds. The summed E-state index contributed by atoms with van der Waals surface area (Å²) < 4.78 is 38.3. The van der Waals surface area contributed by atoms with Gasteiger partial charge in [-0.05, 0) is 11.6 Å². The summed E-state index contributed by atoms with van der Waals surface area (Å²) in [5, 5.41) is 10.8. The van der Waals surface area contributed by atoms with Gasteiger partial charge in [0.05, 0.1) is 12.0 Å². The van der Waals surface area contributed by atoms with Gasteiger partial charge in [-0.15, -0.1) is 0 Å². The van der Waals surface area contributed by atoms with Crippen molar-refractivity contribution >= 4 is 12.0 Å². The fraction of sp³-hybridized carbons (Fsp3) is 0.385. The average molecular weight is 304 g/mol. The Balaban J connectivity index is 2.63. The molecule has 0 unspecified atom stereocenters. The molecule has 0 spiro atoms. The second-order valence-electron chi connectivity index (χ2n) is 4.38. The smallest absolute Gasteiger partial charge is 0.416 e. The Bertz CT molecular complexity index is 518. The van der Waals surface area contributed by atoms with Gasteiger partial charge in [-0.2, -0.15) is 13.2 Å². The first-order valence-electron chi connectivity index (χ1n) is 6.07. The number of carboxylic acids is 1. The topological polar surface area (TPSA) is 69.6 Å². The van der Waals surface area contributed by atoms with E-state index in [-0.39, 0.29) is 25.1 Å². The lowest BCUT2D eigenvalue weighted by Crippen LogP contribution is -2.38. The Morgan fingerprint density at radius 2 is 1.90 bits per heavy atom. The van der Waals surface area contributed by atoms with E-state index in [1.165, 1.54) is 25.2 Å². The zero-order valence-electron chi connectivity index (χ0n) is 11.3. The fourth-order valence-electron chi connectivity index (χ4n) is 1.62. The molecule has 2 N–H and O–H groups in total. The van der Waals surface area contributed by atoms with Crippen LogP contribution in [0.1, 0.15) is 17.5 Å². The summed E-state index contributed by atoms with van der Waals surface area (Å²) in [6, 6.07) is 4.31. The number of hydrogen-bond donors (Lipinski definition) is 2. The summed E-state index contributed by atoms with van der Waals surface area (Å²) in [6.45, 7) is -0.311. The third-order valence-corrected chi connectivity index (χ3v) is 2.76. The zero-order chi connectivity index (χ0) is 16.0. The highest BCUT2D eigenvalue weighted by atomic mass is 19.4. The number of carbonyl (C=O) groups is 2. The molecule has 8 heteroatoms. The van der Waals surface area contributed by atoms with Crippen molar-refractivity contribution in [1.29, 1.82) is 0 Å². The predicted molar refractivity (Wildman–Crippen MR) is 68.6 cm³/mol. The first-order chi connectivity index (χ1) is 9.71. The van der Waals surface area contributed by atoms with Gasteiger partial charge in [0.2, 0.25) is 0 Å². The first-order valence-corrected chi connectivity index (χ1v) is 6.07. The van der Waals surface area contributed by atoms with Gasteiger partial charge in [0.15, 0.2) is 0 Å². The number of rotatable bonds is 5. The SMILES string of the molecule is CN(CCC(=O)O)C(=O)NCc1ccccc1C(F)(F)F. The highest BCUT2D eigenvalue weighted by molar-refractivity contribution is 5.75. The van der Waals surface area contributed by atoms with Crippen LogP contribution in [-0.4, -0.2) is 35.6 Å². The number of amides is 2. The van der Waals surface area contributed by atoms with Crippen molar-refractivity contribution in [2.45, 2.75) is 19.1 Å². The van der Waals surface area contributed by atoms with Crippen LogP contribution in [0, 0.1) is 0 Å². The molecule has 0 atom stereocenters. The monoisotopic (exact) mass is 304 g/mol. The third kappa shape index (κ3) is 5.33. The van der Waals surface area contributed by atoms with E-state index in [0.717, 1.165) is 11.0 Å². The number of nitrogens with one attached hydrogen (secondary N) is 1. The third-order valence-electron chi connectivity index (χ3n) is 2.76. The van der Waals surface area contributed by atoms with Gasteiger partial charge >= 0.3 is 18.2 Å². The molecule has 5 nitrogen and oxygen atoms in total. The van der Waals surface area contributed by atoms with Gasteiger partial charge in [-0.25, -0.2) is 4.79 Å². The van der Waals surface area contributed by atoms with E-state index in [2.05, 4.69) is 5.32 Å². The standard InChI is InChI=1S/C13H15F3N2O3/c1-18(7-6-11(19)20)12(21)17-8-9-4-2-3-5-10(9)13(14,15)16/h2-5H,6-8H2,1H3,(H,17,21)(H,19,20). The number of carboxylic acid groups (broad SMARTS) is 1. The van der Waals surface area contributed by atoms with Gasteiger partial charge in [0.1, 0.15) is 0 Å². The second-order valence-corrected chi connectivity index (χ2v) is 4.38. The summed E-state index contributed by atoms with van der Waals surface area (Å²) in [5.41, 5.74) is -0.858. The van der Waals surface area contributed by atoms with E-state index in [9.17, 15) is 22.8 Å². The second kappa shape index (κ2) is 6.96. The van der Waals surface area contributed by atoms with Crippen LogP contribution in [0.4, 0.5) is 18.0 Å². The summed E-state index contributed by atoms with van der Waals surface area (Å²) in [7, 11) is 1.37. The molecule has 0 aromatic heterocycles. The number of benzene rings is 1. The van der Waals surface area contributed by atoms with E-state index in [1.54, 1.807) is 0 Å². The Kier molecular flexibility index (Phi) is 5.57. The molecular weight excluding hydrogens is 289 g/mol. The van der Waals surface area contributed by atoms with Crippen molar-refractivity contribution in [2.75, 3.05) is 13.6 Å². The molecule has 116 valence electrons. The molecule has 21 heavy (non-hydrogen) atoms. The van der Waals surface area contributed by atoms with Gasteiger partial charge in [-0.3, -0.25) is 4.79 Å². The van der Waals surface area contributed by atoms with Gasteiger partial charge in [0.25, 0.3) is 0 Å². The van der Waals surface area contributed by atoms with Crippen LogP contribution in [0.2, 0.25) is 0 Å². The summed E-state index contributed by atoms with van der Waals surface area (Å²) in [5.74, 6) is -1.06. The number of aliphatic carboxylic acids is 1. The van der Waals surface area contributed by atoms with Crippen LogP contribution in [0.25, 0.3) is 0 Å². The number of carbonyl (C=O) groups excluding carboxylic acids is 1. The number of nitrogens with zero attached hydrogens (tertiary/aromatic N) is 1. The fourth-order valence-corrected chi connectivity index (χ4v) is 1.62. The molecule has 0 saturated carbocycles. The van der Waals surface area contributed by atoms with Gasteiger partial charge in [-0.1, -0.05) is 18.2 Å². The van der Waals surface area contributed by atoms with Crippen molar-refractivity contribution in [1.82, 2.24) is 10.2 Å². The summed E-state index contributed by atoms with van der Waals surface area (Å²) >= 11 is 0. The largest absolute Gasteiger partial charge is 0.481 e.